The predicted octanol–water partition coefficient (Wildman–Crippen LogP) is 1.85. The summed E-state index contributed by atoms with van der Waals surface area (Å²) in [5.74, 6) is -0.566. The standard InChI is InChI=1S/C13H18N2O5/c1-9(14(17)18)12(11-6-4-3-5-7-11)8-13(16)10(2)15(19)20/h3-7,9-10,12-13,16H,8H2,1-2H3. The van der Waals surface area contributed by atoms with E-state index >= 15 is 0 Å². The summed E-state index contributed by atoms with van der Waals surface area (Å²) >= 11 is 0. The Bertz CT molecular complexity index is 465. The average molecular weight is 282 g/mol. The number of nitro groups is 2. The fourth-order valence-electron chi connectivity index (χ4n) is 2.06. The zero-order valence-corrected chi connectivity index (χ0v) is 11.4. The van der Waals surface area contributed by atoms with Gasteiger partial charge in [-0.1, -0.05) is 30.3 Å². The Labute approximate surface area is 116 Å². The highest BCUT2D eigenvalue weighted by atomic mass is 16.6. The maximum atomic E-state index is 11.0. The molecule has 0 saturated heterocycles. The zero-order chi connectivity index (χ0) is 15.3. The summed E-state index contributed by atoms with van der Waals surface area (Å²) in [4.78, 5) is 20.7. The number of rotatable bonds is 7. The van der Waals surface area contributed by atoms with Crippen LogP contribution in [0.3, 0.4) is 0 Å². The van der Waals surface area contributed by atoms with Crippen LogP contribution in [0.25, 0.3) is 0 Å². The molecule has 0 aliphatic heterocycles. The third-order valence-electron chi connectivity index (χ3n) is 3.53. The molecule has 20 heavy (non-hydrogen) atoms. The Hall–Kier alpha value is -2.02. The van der Waals surface area contributed by atoms with Gasteiger partial charge in [0.05, 0.1) is 5.92 Å². The van der Waals surface area contributed by atoms with Crippen molar-refractivity contribution in [3.8, 4) is 0 Å². The van der Waals surface area contributed by atoms with Gasteiger partial charge in [-0.25, -0.2) is 0 Å². The summed E-state index contributed by atoms with van der Waals surface area (Å²) in [6.07, 6.45) is -1.24. The Morgan fingerprint density at radius 2 is 1.55 bits per heavy atom. The summed E-state index contributed by atoms with van der Waals surface area (Å²) < 4.78 is 0. The average Bonchev–Trinajstić information content (AvgIpc) is 2.43. The second-order valence-corrected chi connectivity index (χ2v) is 4.87. The first-order chi connectivity index (χ1) is 9.34. The van der Waals surface area contributed by atoms with Crippen LogP contribution in [0.1, 0.15) is 31.7 Å². The van der Waals surface area contributed by atoms with E-state index < -0.39 is 34.0 Å². The molecule has 0 aliphatic carbocycles. The maximum absolute atomic E-state index is 11.0. The zero-order valence-electron chi connectivity index (χ0n) is 11.4. The molecule has 0 saturated carbocycles. The first-order valence-electron chi connectivity index (χ1n) is 6.34. The lowest BCUT2D eigenvalue weighted by molar-refractivity contribution is -0.534. The number of aliphatic hydroxyl groups is 1. The van der Waals surface area contributed by atoms with E-state index in [1.54, 1.807) is 30.3 Å². The molecule has 0 spiro atoms. The van der Waals surface area contributed by atoms with Gasteiger partial charge in [-0.15, -0.1) is 0 Å². The van der Waals surface area contributed by atoms with Crippen LogP contribution in [-0.2, 0) is 0 Å². The molecule has 4 unspecified atom stereocenters. The van der Waals surface area contributed by atoms with E-state index in [1.165, 1.54) is 13.8 Å². The number of hydrogen-bond donors (Lipinski definition) is 1. The van der Waals surface area contributed by atoms with Crippen molar-refractivity contribution in [2.45, 2.75) is 44.4 Å². The van der Waals surface area contributed by atoms with E-state index in [-0.39, 0.29) is 6.42 Å². The van der Waals surface area contributed by atoms with Crippen molar-refractivity contribution < 1.29 is 15.0 Å². The molecular weight excluding hydrogens is 264 g/mol. The first-order valence-corrected chi connectivity index (χ1v) is 6.34. The molecule has 1 N–H and O–H groups in total. The normalized spacial score (nSPS) is 16.9. The summed E-state index contributed by atoms with van der Waals surface area (Å²) in [5.41, 5.74) is 0.700. The van der Waals surface area contributed by atoms with Gasteiger partial charge in [0.25, 0.3) is 0 Å². The molecule has 110 valence electrons. The van der Waals surface area contributed by atoms with Crippen molar-refractivity contribution >= 4 is 0 Å². The first kappa shape index (κ1) is 16.0. The molecule has 7 heteroatoms. The SMILES string of the molecule is CC(C(O)CC(c1ccccc1)C(C)[N+](=O)[O-])[N+](=O)[O-]. The van der Waals surface area contributed by atoms with Gasteiger partial charge in [-0.2, -0.15) is 0 Å². The van der Waals surface area contributed by atoms with Crippen LogP contribution in [0.15, 0.2) is 30.3 Å². The smallest absolute Gasteiger partial charge is 0.235 e. The van der Waals surface area contributed by atoms with Gasteiger partial charge < -0.3 is 5.11 Å². The molecule has 0 amide bonds. The maximum Gasteiger partial charge on any atom is 0.235 e. The quantitative estimate of drug-likeness (QED) is 0.606. The van der Waals surface area contributed by atoms with Gasteiger partial charge in [0.1, 0.15) is 6.10 Å². The minimum absolute atomic E-state index is 0.0195. The highest BCUT2D eigenvalue weighted by molar-refractivity contribution is 5.20. The lowest BCUT2D eigenvalue weighted by Gasteiger charge is -2.22. The van der Waals surface area contributed by atoms with Crippen molar-refractivity contribution in [3.63, 3.8) is 0 Å². The topological polar surface area (TPSA) is 107 Å². The van der Waals surface area contributed by atoms with Crippen molar-refractivity contribution in [2.75, 3.05) is 0 Å². The highest BCUT2D eigenvalue weighted by Gasteiger charge is 2.34. The Morgan fingerprint density at radius 3 is 2.00 bits per heavy atom. The molecule has 1 aromatic carbocycles. The molecule has 0 fully saturated rings. The highest BCUT2D eigenvalue weighted by Crippen LogP contribution is 2.27. The second-order valence-electron chi connectivity index (χ2n) is 4.87. The van der Waals surface area contributed by atoms with Crippen LogP contribution in [0.2, 0.25) is 0 Å². The summed E-state index contributed by atoms with van der Waals surface area (Å²) in [7, 11) is 0. The minimum atomic E-state index is -1.22. The van der Waals surface area contributed by atoms with Gasteiger partial charge in [-0.05, 0) is 12.0 Å². The minimum Gasteiger partial charge on any atom is -0.386 e. The molecule has 0 aliphatic rings. The van der Waals surface area contributed by atoms with Crippen LogP contribution < -0.4 is 0 Å². The van der Waals surface area contributed by atoms with Crippen molar-refractivity contribution in [2.24, 2.45) is 0 Å². The summed E-state index contributed by atoms with van der Waals surface area (Å²) in [5, 5.41) is 31.5. The van der Waals surface area contributed by atoms with Crippen molar-refractivity contribution in [3.05, 3.63) is 56.1 Å². The molecule has 1 rings (SSSR count). The lowest BCUT2D eigenvalue weighted by Crippen LogP contribution is -2.35. The van der Waals surface area contributed by atoms with Crippen LogP contribution in [-0.4, -0.2) is 33.1 Å². The van der Waals surface area contributed by atoms with E-state index in [2.05, 4.69) is 0 Å². The van der Waals surface area contributed by atoms with E-state index in [9.17, 15) is 25.3 Å². The van der Waals surface area contributed by atoms with Crippen LogP contribution in [0.4, 0.5) is 0 Å². The Balaban J connectivity index is 2.95. The number of aliphatic hydroxyl groups excluding tert-OH is 1. The van der Waals surface area contributed by atoms with Gasteiger partial charge in [0.2, 0.25) is 12.1 Å². The van der Waals surface area contributed by atoms with E-state index in [1.807, 2.05) is 0 Å². The van der Waals surface area contributed by atoms with Gasteiger partial charge in [0.15, 0.2) is 0 Å². The molecule has 0 aromatic heterocycles. The fourth-order valence-corrected chi connectivity index (χ4v) is 2.06. The van der Waals surface area contributed by atoms with Crippen molar-refractivity contribution in [1.29, 1.82) is 0 Å². The molecule has 0 bridgehead atoms. The molecular formula is C13H18N2O5. The monoisotopic (exact) mass is 282 g/mol. The van der Waals surface area contributed by atoms with Gasteiger partial charge in [0, 0.05) is 23.7 Å². The van der Waals surface area contributed by atoms with Gasteiger partial charge in [-0.3, -0.25) is 20.2 Å². The van der Waals surface area contributed by atoms with E-state index in [0.29, 0.717) is 5.56 Å². The lowest BCUT2D eigenvalue weighted by atomic mass is 9.86. The largest absolute Gasteiger partial charge is 0.386 e. The third-order valence-corrected chi connectivity index (χ3v) is 3.53. The Kier molecular flexibility index (Phi) is 5.57. The molecule has 4 atom stereocenters. The van der Waals surface area contributed by atoms with E-state index in [4.69, 9.17) is 0 Å². The molecule has 1 aromatic rings. The second kappa shape index (κ2) is 6.95. The number of benzene rings is 1. The molecule has 0 radical (unpaired) electrons. The van der Waals surface area contributed by atoms with Crippen LogP contribution >= 0.6 is 0 Å². The van der Waals surface area contributed by atoms with Gasteiger partial charge >= 0.3 is 0 Å². The third kappa shape index (κ3) is 3.99. The summed E-state index contributed by atoms with van der Waals surface area (Å²) in [6, 6.07) is 6.66. The van der Waals surface area contributed by atoms with Crippen LogP contribution in [0, 0.1) is 20.2 Å². The molecule has 0 heterocycles. The van der Waals surface area contributed by atoms with Crippen molar-refractivity contribution in [1.82, 2.24) is 0 Å². The number of nitrogens with zero attached hydrogens (tertiary/aromatic N) is 2. The molecule has 7 nitrogen and oxygen atoms in total. The Morgan fingerprint density at radius 1 is 1.05 bits per heavy atom. The summed E-state index contributed by atoms with van der Waals surface area (Å²) in [6.45, 7) is 2.74. The fraction of sp³-hybridized carbons (Fsp3) is 0.538. The van der Waals surface area contributed by atoms with E-state index in [0.717, 1.165) is 0 Å². The number of hydrogen-bond acceptors (Lipinski definition) is 5. The predicted molar refractivity (Wildman–Crippen MR) is 72.7 cm³/mol. The van der Waals surface area contributed by atoms with Crippen LogP contribution in [0.5, 0.6) is 0 Å².